The van der Waals surface area contributed by atoms with E-state index in [1.54, 1.807) is 63.6 Å². The summed E-state index contributed by atoms with van der Waals surface area (Å²) in [6.07, 6.45) is 0.502. The molecule has 1 aromatic heterocycles. The van der Waals surface area contributed by atoms with Crippen molar-refractivity contribution < 1.29 is 17.9 Å². The Kier molecular flexibility index (Phi) is 8.36. The van der Waals surface area contributed by atoms with Crippen LogP contribution in [0.4, 0.5) is 0 Å². The molecule has 0 N–H and O–H groups in total. The molecule has 2 aromatic carbocycles. The Morgan fingerprint density at radius 2 is 1.70 bits per heavy atom. The molecule has 0 saturated heterocycles. The average molecular weight is 474 g/mol. The largest absolute Gasteiger partial charge is 0.385 e. The molecule has 3 aromatic rings. The summed E-state index contributed by atoms with van der Waals surface area (Å²) in [5.41, 5.74) is 1.28. The molecule has 0 radical (unpaired) electrons. The van der Waals surface area contributed by atoms with Gasteiger partial charge in [-0.15, -0.1) is 0 Å². The van der Waals surface area contributed by atoms with Crippen LogP contribution in [0.15, 0.2) is 58.2 Å². The molecule has 1 heterocycles. The lowest BCUT2D eigenvalue weighted by molar-refractivity contribution is 0.176. The number of para-hydroxylation sites is 1. The fraction of sp³-hybridized carbons (Fsp3) is 0.417. The van der Waals surface area contributed by atoms with Gasteiger partial charge in [-0.05, 0) is 44.5 Å². The molecule has 0 amide bonds. The van der Waals surface area contributed by atoms with Gasteiger partial charge < -0.3 is 9.47 Å². The zero-order valence-corrected chi connectivity index (χ0v) is 20.3. The van der Waals surface area contributed by atoms with E-state index < -0.39 is 16.1 Å². The molecular weight excluding hydrogens is 442 g/mol. The zero-order chi connectivity index (χ0) is 24.0. The van der Waals surface area contributed by atoms with Crippen LogP contribution in [-0.2, 0) is 26.0 Å². The first kappa shape index (κ1) is 25.0. The van der Waals surface area contributed by atoms with E-state index in [1.165, 1.54) is 8.87 Å². The van der Waals surface area contributed by atoms with Gasteiger partial charge in [-0.1, -0.05) is 29.8 Å². The smallest absolute Gasteiger partial charge is 0.261 e. The first-order chi connectivity index (χ1) is 15.8. The van der Waals surface area contributed by atoms with Gasteiger partial charge >= 0.3 is 0 Å². The lowest BCUT2D eigenvalue weighted by atomic mass is 10.2. The molecule has 9 heteroatoms. The topological polar surface area (TPSA) is 90.7 Å². The Bertz CT molecular complexity index is 1240. The van der Waals surface area contributed by atoms with E-state index in [2.05, 4.69) is 0 Å². The van der Waals surface area contributed by atoms with E-state index in [4.69, 9.17) is 14.5 Å². The van der Waals surface area contributed by atoms with Crippen molar-refractivity contribution in [2.24, 2.45) is 0 Å². The third-order valence-electron chi connectivity index (χ3n) is 5.57. The molecule has 178 valence electrons. The SMILES string of the molecule is COCCCN(C(C)c1nc2ccccc2c(=O)n1CCOC)S(=O)(=O)c1ccc(C)cc1. The van der Waals surface area contributed by atoms with Gasteiger partial charge in [0, 0.05) is 27.4 Å². The number of methoxy groups -OCH3 is 2. The summed E-state index contributed by atoms with van der Waals surface area (Å²) >= 11 is 0. The van der Waals surface area contributed by atoms with Crippen LogP contribution in [0, 0.1) is 6.92 Å². The molecule has 1 atom stereocenters. The van der Waals surface area contributed by atoms with Crippen LogP contribution in [0.25, 0.3) is 10.9 Å². The Labute approximate surface area is 194 Å². The minimum absolute atomic E-state index is 0.198. The Hall–Kier alpha value is -2.59. The minimum atomic E-state index is -3.86. The Morgan fingerprint density at radius 3 is 2.36 bits per heavy atom. The molecule has 0 aliphatic rings. The summed E-state index contributed by atoms with van der Waals surface area (Å²) in [6.45, 7) is 4.87. The van der Waals surface area contributed by atoms with Gasteiger partial charge in [-0.2, -0.15) is 4.31 Å². The molecule has 0 spiro atoms. The second-order valence-corrected chi connectivity index (χ2v) is 9.78. The van der Waals surface area contributed by atoms with Crippen molar-refractivity contribution in [3.8, 4) is 0 Å². The summed E-state index contributed by atoms with van der Waals surface area (Å²) in [6, 6.07) is 13.1. The van der Waals surface area contributed by atoms with E-state index in [1.807, 2.05) is 13.0 Å². The average Bonchev–Trinajstić information content (AvgIpc) is 2.81. The van der Waals surface area contributed by atoms with Crippen molar-refractivity contribution in [3.05, 3.63) is 70.3 Å². The molecular formula is C24H31N3O5S. The summed E-state index contributed by atoms with van der Waals surface area (Å²) in [4.78, 5) is 18.2. The van der Waals surface area contributed by atoms with Crippen LogP contribution < -0.4 is 5.56 Å². The number of sulfonamides is 1. The molecule has 3 rings (SSSR count). The van der Waals surface area contributed by atoms with Crippen LogP contribution in [0.3, 0.4) is 0 Å². The van der Waals surface area contributed by atoms with Crippen LogP contribution in [0.5, 0.6) is 0 Å². The Balaban J connectivity index is 2.14. The van der Waals surface area contributed by atoms with Crippen LogP contribution in [0.2, 0.25) is 0 Å². The number of rotatable bonds is 11. The highest BCUT2D eigenvalue weighted by Crippen LogP contribution is 2.27. The number of fused-ring (bicyclic) bond motifs is 1. The fourth-order valence-corrected chi connectivity index (χ4v) is 5.39. The van der Waals surface area contributed by atoms with Gasteiger partial charge in [0.25, 0.3) is 5.56 Å². The van der Waals surface area contributed by atoms with Crippen LogP contribution >= 0.6 is 0 Å². The maximum absolute atomic E-state index is 13.7. The molecule has 0 aliphatic carbocycles. The molecule has 0 saturated carbocycles. The minimum Gasteiger partial charge on any atom is -0.385 e. The number of nitrogens with zero attached hydrogens (tertiary/aromatic N) is 3. The number of hydrogen-bond donors (Lipinski definition) is 0. The molecule has 33 heavy (non-hydrogen) atoms. The van der Waals surface area contributed by atoms with Crippen LogP contribution in [-0.4, -0.2) is 56.3 Å². The van der Waals surface area contributed by atoms with Crippen molar-refractivity contribution in [2.75, 3.05) is 34.0 Å². The molecule has 0 aliphatic heterocycles. The quantitative estimate of drug-likeness (QED) is 0.398. The predicted octanol–water partition coefficient (Wildman–Crippen LogP) is 3.14. The number of aromatic nitrogens is 2. The van der Waals surface area contributed by atoms with E-state index in [0.29, 0.717) is 36.4 Å². The van der Waals surface area contributed by atoms with E-state index >= 15 is 0 Å². The van der Waals surface area contributed by atoms with Crippen molar-refractivity contribution in [1.29, 1.82) is 0 Å². The highest BCUT2D eigenvalue weighted by Gasteiger charge is 2.32. The lowest BCUT2D eigenvalue weighted by Crippen LogP contribution is -2.39. The van der Waals surface area contributed by atoms with Crippen molar-refractivity contribution in [3.63, 3.8) is 0 Å². The monoisotopic (exact) mass is 473 g/mol. The van der Waals surface area contributed by atoms with Crippen LogP contribution in [0.1, 0.15) is 30.8 Å². The number of ether oxygens (including phenoxy) is 2. The number of benzene rings is 2. The highest BCUT2D eigenvalue weighted by molar-refractivity contribution is 7.89. The van der Waals surface area contributed by atoms with Crippen molar-refractivity contribution >= 4 is 20.9 Å². The molecule has 1 unspecified atom stereocenters. The molecule has 0 fully saturated rings. The zero-order valence-electron chi connectivity index (χ0n) is 19.5. The first-order valence-corrected chi connectivity index (χ1v) is 12.3. The number of hydrogen-bond acceptors (Lipinski definition) is 6. The first-order valence-electron chi connectivity index (χ1n) is 10.9. The number of aryl methyl sites for hydroxylation is 1. The third-order valence-corrected chi connectivity index (χ3v) is 7.55. The van der Waals surface area contributed by atoms with Gasteiger partial charge in [-0.3, -0.25) is 9.36 Å². The second kappa shape index (κ2) is 11.0. The van der Waals surface area contributed by atoms with Gasteiger partial charge in [0.05, 0.1) is 35.0 Å². The summed E-state index contributed by atoms with van der Waals surface area (Å²) in [5, 5.41) is 0.483. The third kappa shape index (κ3) is 5.50. The second-order valence-electron chi connectivity index (χ2n) is 7.89. The summed E-state index contributed by atoms with van der Waals surface area (Å²) in [5.74, 6) is 0.379. The van der Waals surface area contributed by atoms with Crippen molar-refractivity contribution in [1.82, 2.24) is 13.9 Å². The molecule has 8 nitrogen and oxygen atoms in total. The lowest BCUT2D eigenvalue weighted by Gasteiger charge is -2.29. The normalized spacial score (nSPS) is 13.0. The van der Waals surface area contributed by atoms with E-state index in [9.17, 15) is 13.2 Å². The Morgan fingerprint density at radius 1 is 1.03 bits per heavy atom. The predicted molar refractivity (Wildman–Crippen MR) is 128 cm³/mol. The standard InChI is InChI=1S/C24H31N3O5S/c1-18-10-12-20(13-11-18)33(29,30)27(14-7-16-31-3)19(2)23-25-22-9-6-5-8-21(22)24(28)26(23)15-17-32-4/h5-6,8-13,19H,7,14-17H2,1-4H3. The van der Waals surface area contributed by atoms with Crippen molar-refractivity contribution in [2.45, 2.75) is 37.8 Å². The maximum Gasteiger partial charge on any atom is 0.261 e. The summed E-state index contributed by atoms with van der Waals surface area (Å²) in [7, 11) is -0.722. The summed E-state index contributed by atoms with van der Waals surface area (Å²) < 4.78 is 40.6. The van der Waals surface area contributed by atoms with Gasteiger partial charge in [0.1, 0.15) is 5.82 Å². The fourth-order valence-electron chi connectivity index (χ4n) is 3.76. The highest BCUT2D eigenvalue weighted by atomic mass is 32.2. The van der Waals surface area contributed by atoms with Gasteiger partial charge in [-0.25, -0.2) is 13.4 Å². The van der Waals surface area contributed by atoms with Gasteiger partial charge in [0.15, 0.2) is 0 Å². The maximum atomic E-state index is 13.7. The van der Waals surface area contributed by atoms with E-state index in [-0.39, 0.29) is 23.5 Å². The van der Waals surface area contributed by atoms with Gasteiger partial charge in [0.2, 0.25) is 10.0 Å². The molecule has 0 bridgehead atoms. The van der Waals surface area contributed by atoms with E-state index in [0.717, 1.165) is 5.56 Å².